The van der Waals surface area contributed by atoms with Gasteiger partial charge in [0.05, 0.1) is 10.6 Å². The highest BCUT2D eigenvalue weighted by molar-refractivity contribution is 7.17. The van der Waals surface area contributed by atoms with Crippen LogP contribution >= 0.6 is 11.3 Å². The molecule has 0 saturated carbocycles. The van der Waals surface area contributed by atoms with Crippen LogP contribution in [0.25, 0.3) is 10.6 Å². The summed E-state index contributed by atoms with van der Waals surface area (Å²) in [5, 5.41) is 0.805. The number of carbonyl (C=O) groups is 2. The molecule has 0 fully saturated rings. The minimum absolute atomic E-state index is 0.00146. The second-order valence-electron chi connectivity index (χ2n) is 6.73. The van der Waals surface area contributed by atoms with Crippen molar-refractivity contribution in [1.82, 2.24) is 4.98 Å². The number of rotatable bonds is 5. The summed E-state index contributed by atoms with van der Waals surface area (Å²) in [7, 11) is 0. The monoisotopic (exact) mass is 392 g/mol. The van der Waals surface area contributed by atoms with Crippen molar-refractivity contribution in [1.29, 1.82) is 0 Å². The molecular weight excluding hydrogens is 372 g/mol. The number of Topliss-reactive ketones (excluding diaryl/α,β-unsaturated/α-hetero) is 1. The molecule has 0 spiro atoms. The molecule has 6 heteroatoms. The Bertz CT molecular complexity index is 1040. The van der Waals surface area contributed by atoms with Crippen LogP contribution in [0.5, 0.6) is 5.75 Å². The zero-order valence-corrected chi connectivity index (χ0v) is 16.6. The van der Waals surface area contributed by atoms with Gasteiger partial charge < -0.3 is 9.64 Å². The van der Waals surface area contributed by atoms with E-state index >= 15 is 0 Å². The van der Waals surface area contributed by atoms with Crippen molar-refractivity contribution in [2.75, 3.05) is 18.1 Å². The fourth-order valence-electron chi connectivity index (χ4n) is 3.36. The van der Waals surface area contributed by atoms with Gasteiger partial charge in [-0.05, 0) is 49.2 Å². The highest BCUT2D eigenvalue weighted by Gasteiger charge is 2.24. The van der Waals surface area contributed by atoms with E-state index in [0.29, 0.717) is 17.2 Å². The van der Waals surface area contributed by atoms with Crippen molar-refractivity contribution in [3.05, 3.63) is 64.7 Å². The van der Waals surface area contributed by atoms with Gasteiger partial charge in [0.1, 0.15) is 10.8 Å². The predicted octanol–water partition coefficient (Wildman–Crippen LogP) is 4.29. The third-order valence-electron chi connectivity index (χ3n) is 4.77. The number of nitrogens with zero attached hydrogens (tertiary/aromatic N) is 2. The van der Waals surface area contributed by atoms with Crippen molar-refractivity contribution in [3.8, 4) is 16.3 Å². The van der Waals surface area contributed by atoms with Crippen LogP contribution in [-0.2, 0) is 11.2 Å². The van der Waals surface area contributed by atoms with Gasteiger partial charge in [-0.1, -0.05) is 18.2 Å². The van der Waals surface area contributed by atoms with E-state index in [1.165, 1.54) is 16.9 Å². The summed E-state index contributed by atoms with van der Waals surface area (Å²) in [5.74, 6) is 0.614. The molecule has 0 atom stereocenters. The first kappa shape index (κ1) is 18.4. The molecule has 0 bridgehead atoms. The standard InChI is InChI=1S/C22H20N2O3S/c1-14-21(15(2)25)28-22(23-14)17-7-9-18(10-8-17)27-13-20(26)24-12-11-16-5-3-4-6-19(16)24/h3-10H,11-13H2,1-2H3. The maximum atomic E-state index is 12.5. The third kappa shape index (κ3) is 3.55. The van der Waals surface area contributed by atoms with Gasteiger partial charge in [0.15, 0.2) is 12.4 Å². The summed E-state index contributed by atoms with van der Waals surface area (Å²) >= 11 is 1.39. The second-order valence-corrected chi connectivity index (χ2v) is 7.73. The molecule has 5 nitrogen and oxygen atoms in total. The topological polar surface area (TPSA) is 59.5 Å². The smallest absolute Gasteiger partial charge is 0.264 e. The van der Waals surface area contributed by atoms with Gasteiger partial charge in [0.25, 0.3) is 5.91 Å². The lowest BCUT2D eigenvalue weighted by Gasteiger charge is -2.17. The van der Waals surface area contributed by atoms with Crippen LogP contribution in [-0.4, -0.2) is 29.8 Å². The molecule has 0 unspecified atom stereocenters. The number of aromatic nitrogens is 1. The average molecular weight is 392 g/mol. The number of hydrogen-bond acceptors (Lipinski definition) is 5. The van der Waals surface area contributed by atoms with E-state index in [2.05, 4.69) is 11.1 Å². The van der Waals surface area contributed by atoms with Crippen molar-refractivity contribution in [3.63, 3.8) is 0 Å². The van der Waals surface area contributed by atoms with E-state index < -0.39 is 0 Å². The molecule has 142 valence electrons. The summed E-state index contributed by atoms with van der Waals surface area (Å²) in [5.41, 5.74) is 3.85. The van der Waals surface area contributed by atoms with Gasteiger partial charge in [-0.3, -0.25) is 9.59 Å². The van der Waals surface area contributed by atoms with Crippen molar-refractivity contribution in [2.45, 2.75) is 20.3 Å². The van der Waals surface area contributed by atoms with E-state index in [0.717, 1.165) is 28.4 Å². The Labute approximate surface area is 167 Å². The Kier molecular flexibility index (Phi) is 4.96. The first-order chi connectivity index (χ1) is 13.5. The minimum atomic E-state index is -0.0457. The molecule has 0 aliphatic carbocycles. The lowest BCUT2D eigenvalue weighted by Crippen LogP contribution is -2.33. The normalized spacial score (nSPS) is 12.7. The molecule has 4 rings (SSSR count). The van der Waals surface area contributed by atoms with E-state index in [1.807, 2.05) is 49.4 Å². The first-order valence-corrected chi connectivity index (χ1v) is 9.94. The van der Waals surface area contributed by atoms with Crippen LogP contribution in [0.1, 0.15) is 27.9 Å². The number of aryl methyl sites for hydroxylation is 1. The molecule has 1 aromatic heterocycles. The van der Waals surface area contributed by atoms with E-state index in [4.69, 9.17) is 4.74 Å². The van der Waals surface area contributed by atoms with Gasteiger partial charge in [0.2, 0.25) is 0 Å². The van der Waals surface area contributed by atoms with Gasteiger partial charge >= 0.3 is 0 Å². The molecule has 0 saturated heterocycles. The number of thiazole rings is 1. The Balaban J connectivity index is 1.41. The third-order valence-corrected chi connectivity index (χ3v) is 6.08. The van der Waals surface area contributed by atoms with Crippen molar-refractivity contribution >= 4 is 28.7 Å². The summed E-state index contributed by atoms with van der Waals surface area (Å²) in [4.78, 5) is 31.1. The molecule has 2 heterocycles. The zero-order chi connectivity index (χ0) is 19.7. The Morgan fingerprint density at radius 2 is 1.89 bits per heavy atom. The summed E-state index contributed by atoms with van der Waals surface area (Å²) < 4.78 is 5.69. The van der Waals surface area contributed by atoms with Crippen LogP contribution in [0.15, 0.2) is 48.5 Å². The highest BCUT2D eigenvalue weighted by atomic mass is 32.1. The first-order valence-electron chi connectivity index (χ1n) is 9.13. The maximum absolute atomic E-state index is 12.5. The lowest BCUT2D eigenvalue weighted by molar-refractivity contribution is -0.120. The zero-order valence-electron chi connectivity index (χ0n) is 15.8. The van der Waals surface area contributed by atoms with Gasteiger partial charge in [0, 0.05) is 24.7 Å². The minimum Gasteiger partial charge on any atom is -0.484 e. The van der Waals surface area contributed by atoms with Crippen molar-refractivity contribution in [2.24, 2.45) is 0 Å². The molecule has 28 heavy (non-hydrogen) atoms. The Morgan fingerprint density at radius 1 is 1.14 bits per heavy atom. The summed E-state index contributed by atoms with van der Waals surface area (Å²) in [6, 6.07) is 15.4. The lowest BCUT2D eigenvalue weighted by atomic mass is 10.2. The molecular formula is C22H20N2O3S. The Morgan fingerprint density at radius 3 is 2.61 bits per heavy atom. The van der Waals surface area contributed by atoms with E-state index in [-0.39, 0.29) is 18.3 Å². The molecule has 1 aliphatic heterocycles. The van der Waals surface area contributed by atoms with Crippen LogP contribution in [0.2, 0.25) is 0 Å². The number of carbonyl (C=O) groups excluding carboxylic acids is 2. The number of para-hydroxylation sites is 1. The fraction of sp³-hybridized carbons (Fsp3) is 0.227. The molecule has 1 aliphatic rings. The SMILES string of the molecule is CC(=O)c1sc(-c2ccc(OCC(=O)N3CCc4ccccc43)cc2)nc1C. The quantitative estimate of drug-likeness (QED) is 0.608. The van der Waals surface area contributed by atoms with Gasteiger partial charge in [-0.2, -0.15) is 0 Å². The molecule has 1 amide bonds. The van der Waals surface area contributed by atoms with Crippen LogP contribution < -0.4 is 9.64 Å². The van der Waals surface area contributed by atoms with Crippen LogP contribution in [0.3, 0.4) is 0 Å². The van der Waals surface area contributed by atoms with E-state index in [1.54, 1.807) is 11.8 Å². The predicted molar refractivity (Wildman–Crippen MR) is 110 cm³/mol. The van der Waals surface area contributed by atoms with Crippen LogP contribution in [0.4, 0.5) is 5.69 Å². The highest BCUT2D eigenvalue weighted by Crippen LogP contribution is 2.30. The number of amides is 1. The second kappa shape index (κ2) is 7.56. The largest absolute Gasteiger partial charge is 0.484 e. The van der Waals surface area contributed by atoms with Crippen molar-refractivity contribution < 1.29 is 14.3 Å². The molecule has 0 N–H and O–H groups in total. The fourth-order valence-corrected chi connectivity index (χ4v) is 4.33. The average Bonchev–Trinajstić information content (AvgIpc) is 3.30. The molecule has 0 radical (unpaired) electrons. The molecule has 3 aromatic rings. The summed E-state index contributed by atoms with van der Waals surface area (Å²) in [6.07, 6.45) is 0.881. The van der Waals surface area contributed by atoms with Gasteiger partial charge in [-0.25, -0.2) is 4.98 Å². The van der Waals surface area contributed by atoms with Gasteiger partial charge in [-0.15, -0.1) is 11.3 Å². The number of ketones is 1. The number of anilines is 1. The maximum Gasteiger partial charge on any atom is 0.264 e. The number of ether oxygens (including phenoxy) is 1. The number of benzene rings is 2. The molecule has 2 aromatic carbocycles. The number of hydrogen-bond donors (Lipinski definition) is 0. The van der Waals surface area contributed by atoms with Crippen LogP contribution in [0, 0.1) is 6.92 Å². The summed E-state index contributed by atoms with van der Waals surface area (Å²) in [6.45, 7) is 4.09. The Hall–Kier alpha value is -2.99. The van der Waals surface area contributed by atoms with E-state index in [9.17, 15) is 9.59 Å². The number of fused-ring (bicyclic) bond motifs is 1.